The Morgan fingerprint density at radius 1 is 0.737 bits per heavy atom. The van der Waals surface area contributed by atoms with E-state index in [0.717, 1.165) is 0 Å². The first-order valence-corrected chi connectivity index (χ1v) is 12.3. The van der Waals surface area contributed by atoms with E-state index < -0.39 is 54.0 Å². The van der Waals surface area contributed by atoms with E-state index in [1.807, 2.05) is 13.8 Å². The lowest BCUT2D eigenvalue weighted by molar-refractivity contribution is -0.142. The molecule has 0 saturated carbocycles. The highest BCUT2D eigenvalue weighted by atomic mass is 16.4. The van der Waals surface area contributed by atoms with Gasteiger partial charge < -0.3 is 54.8 Å². The predicted molar refractivity (Wildman–Crippen MR) is 142 cm³/mol. The van der Waals surface area contributed by atoms with Crippen LogP contribution in [0.1, 0.15) is 52.9 Å². The number of guanidine groups is 2. The third-order valence-electron chi connectivity index (χ3n) is 5.30. The number of aliphatic carboxylic acids is 1. The van der Waals surface area contributed by atoms with Gasteiger partial charge in [0.15, 0.2) is 11.9 Å². The van der Waals surface area contributed by atoms with Crippen molar-refractivity contribution in [2.75, 3.05) is 13.1 Å². The number of nitrogens with one attached hydrogen (secondary N) is 3. The lowest BCUT2D eigenvalue weighted by Gasteiger charge is -2.26. The number of carbonyl (C=O) groups excluding carboxylic acids is 3. The van der Waals surface area contributed by atoms with Gasteiger partial charge in [-0.3, -0.25) is 24.4 Å². The van der Waals surface area contributed by atoms with Crippen LogP contribution in [-0.2, 0) is 19.2 Å². The van der Waals surface area contributed by atoms with Crippen LogP contribution in [0.15, 0.2) is 9.98 Å². The van der Waals surface area contributed by atoms with Crippen LogP contribution in [0.3, 0.4) is 0 Å². The largest absolute Gasteiger partial charge is 0.480 e. The lowest BCUT2D eigenvalue weighted by Crippen LogP contribution is -2.58. The van der Waals surface area contributed by atoms with Crippen LogP contribution in [-0.4, -0.2) is 89.2 Å². The standard InChI is InChI=1S/C22H44N10O6/c1-11(2)10-15(18(35)31-14(20(37)38)7-5-9-29-22(26)27)32-17(34)13(6-4-8-28-21(24)25)30-19(36)16(23)12(3)33/h11-16,33H,4-10,23H2,1-3H3,(H,30,36)(H,31,35)(H,32,34)(H,37,38)(H4,24,25,28)(H4,26,27,29)/t12-,13+,14+,15+,16+/m1/s1. The molecular formula is C22H44N10O6. The molecule has 16 nitrogen and oxygen atoms in total. The summed E-state index contributed by atoms with van der Waals surface area (Å²) in [4.78, 5) is 57.9. The van der Waals surface area contributed by atoms with Crippen molar-refractivity contribution in [2.24, 2.45) is 44.6 Å². The molecule has 0 rings (SSSR count). The first kappa shape index (κ1) is 34.3. The van der Waals surface area contributed by atoms with Gasteiger partial charge in [0.1, 0.15) is 24.2 Å². The number of aliphatic hydroxyl groups is 1. The Bertz CT molecular complexity index is 840. The molecule has 0 aliphatic heterocycles. The van der Waals surface area contributed by atoms with Crippen molar-refractivity contribution in [3.63, 3.8) is 0 Å². The molecule has 16 heteroatoms. The number of hydrogen-bond donors (Lipinski definition) is 10. The summed E-state index contributed by atoms with van der Waals surface area (Å²) < 4.78 is 0. The molecule has 0 heterocycles. The number of rotatable bonds is 18. The van der Waals surface area contributed by atoms with E-state index in [1.165, 1.54) is 6.92 Å². The summed E-state index contributed by atoms with van der Waals surface area (Å²) in [7, 11) is 0. The van der Waals surface area contributed by atoms with Crippen LogP contribution in [0.25, 0.3) is 0 Å². The summed E-state index contributed by atoms with van der Waals surface area (Å²) in [5.41, 5.74) is 26.8. The maximum absolute atomic E-state index is 13.1. The van der Waals surface area contributed by atoms with E-state index in [-0.39, 0.29) is 50.2 Å². The average Bonchev–Trinajstić information content (AvgIpc) is 2.80. The van der Waals surface area contributed by atoms with E-state index in [9.17, 15) is 29.4 Å². The second-order valence-corrected chi connectivity index (χ2v) is 9.32. The fourth-order valence-electron chi connectivity index (χ4n) is 3.27. The Morgan fingerprint density at radius 2 is 1.16 bits per heavy atom. The lowest BCUT2D eigenvalue weighted by atomic mass is 10.0. The number of carboxylic acid groups (broad SMARTS) is 1. The van der Waals surface area contributed by atoms with Crippen LogP contribution >= 0.6 is 0 Å². The third kappa shape index (κ3) is 14.8. The van der Waals surface area contributed by atoms with Crippen molar-refractivity contribution in [3.05, 3.63) is 0 Å². The van der Waals surface area contributed by atoms with Crippen LogP contribution < -0.4 is 44.6 Å². The van der Waals surface area contributed by atoms with Gasteiger partial charge in [0.25, 0.3) is 0 Å². The summed E-state index contributed by atoms with van der Waals surface area (Å²) in [5, 5.41) is 26.7. The van der Waals surface area contributed by atoms with E-state index in [1.54, 1.807) is 0 Å². The molecule has 218 valence electrons. The quantitative estimate of drug-likeness (QED) is 0.0456. The van der Waals surface area contributed by atoms with Gasteiger partial charge in [0.2, 0.25) is 17.7 Å². The zero-order chi connectivity index (χ0) is 29.4. The Hall–Kier alpha value is -3.66. The first-order chi connectivity index (χ1) is 17.6. The number of hydrogen-bond acceptors (Lipinski definition) is 8. The minimum atomic E-state index is -1.28. The van der Waals surface area contributed by atoms with Gasteiger partial charge in [-0.25, -0.2) is 4.79 Å². The highest BCUT2D eigenvalue weighted by Gasteiger charge is 2.31. The zero-order valence-corrected chi connectivity index (χ0v) is 22.2. The minimum absolute atomic E-state index is 0.0465. The number of aliphatic imine (C=N–C) groups is 2. The second kappa shape index (κ2) is 17.7. The molecule has 5 atom stereocenters. The molecule has 0 spiro atoms. The summed E-state index contributed by atoms with van der Waals surface area (Å²) in [6, 6.07) is -4.74. The number of carboxylic acids is 1. The number of amides is 3. The zero-order valence-electron chi connectivity index (χ0n) is 22.2. The summed E-state index contributed by atoms with van der Waals surface area (Å²) in [6.45, 7) is 5.35. The normalized spacial score (nSPS) is 14.8. The van der Waals surface area contributed by atoms with E-state index in [4.69, 9.17) is 28.7 Å². The number of carbonyl (C=O) groups is 4. The Kier molecular flexibility index (Phi) is 16.0. The smallest absolute Gasteiger partial charge is 0.326 e. The van der Waals surface area contributed by atoms with Crippen molar-refractivity contribution in [1.29, 1.82) is 0 Å². The van der Waals surface area contributed by atoms with Crippen molar-refractivity contribution >= 4 is 35.6 Å². The fourth-order valence-corrected chi connectivity index (χ4v) is 3.27. The maximum Gasteiger partial charge on any atom is 0.326 e. The summed E-state index contributed by atoms with van der Waals surface area (Å²) >= 11 is 0. The summed E-state index contributed by atoms with van der Waals surface area (Å²) in [5.74, 6) is -3.72. The number of nitrogens with zero attached hydrogens (tertiary/aromatic N) is 2. The van der Waals surface area contributed by atoms with Crippen molar-refractivity contribution in [1.82, 2.24) is 16.0 Å². The predicted octanol–water partition coefficient (Wildman–Crippen LogP) is -3.61. The van der Waals surface area contributed by atoms with E-state index in [0.29, 0.717) is 12.8 Å². The van der Waals surface area contributed by atoms with Gasteiger partial charge in [0.05, 0.1) is 6.10 Å². The number of nitrogens with two attached hydrogens (primary N) is 5. The molecule has 0 aliphatic rings. The number of aliphatic hydroxyl groups excluding tert-OH is 1. The van der Waals surface area contributed by atoms with Crippen molar-refractivity contribution in [3.8, 4) is 0 Å². The SMILES string of the molecule is CC(C)C[C@H](NC(=O)[C@H](CCCN=C(N)N)NC(=O)[C@@H](N)[C@@H](C)O)C(=O)N[C@@H](CCCN=C(N)N)C(=O)O. The van der Waals surface area contributed by atoms with Crippen LogP contribution in [0.2, 0.25) is 0 Å². The average molecular weight is 545 g/mol. The molecule has 0 aliphatic carbocycles. The van der Waals surface area contributed by atoms with Crippen LogP contribution in [0.4, 0.5) is 0 Å². The molecule has 0 aromatic heterocycles. The van der Waals surface area contributed by atoms with Gasteiger partial charge >= 0.3 is 5.97 Å². The molecule has 3 amide bonds. The van der Waals surface area contributed by atoms with Crippen molar-refractivity contribution < 1.29 is 29.4 Å². The minimum Gasteiger partial charge on any atom is -0.480 e. The maximum atomic E-state index is 13.1. The molecule has 0 fully saturated rings. The van der Waals surface area contributed by atoms with Gasteiger partial charge in [-0.05, 0) is 44.9 Å². The van der Waals surface area contributed by atoms with Crippen LogP contribution in [0, 0.1) is 5.92 Å². The summed E-state index contributed by atoms with van der Waals surface area (Å²) in [6.07, 6.45) is -0.220. The highest BCUT2D eigenvalue weighted by molar-refractivity contribution is 5.94. The topological polar surface area (TPSA) is 300 Å². The van der Waals surface area contributed by atoms with Gasteiger partial charge in [-0.2, -0.15) is 0 Å². The molecule has 0 saturated heterocycles. The Labute approximate surface area is 222 Å². The second-order valence-electron chi connectivity index (χ2n) is 9.32. The van der Waals surface area contributed by atoms with Crippen molar-refractivity contribution in [2.45, 2.75) is 83.1 Å². The van der Waals surface area contributed by atoms with E-state index in [2.05, 4.69) is 25.9 Å². The molecule has 0 bridgehead atoms. The van der Waals surface area contributed by atoms with Gasteiger partial charge in [-0.1, -0.05) is 13.8 Å². The molecule has 0 aromatic rings. The first-order valence-electron chi connectivity index (χ1n) is 12.3. The highest BCUT2D eigenvalue weighted by Crippen LogP contribution is 2.09. The molecular weight excluding hydrogens is 500 g/mol. The molecule has 38 heavy (non-hydrogen) atoms. The van der Waals surface area contributed by atoms with E-state index >= 15 is 0 Å². The Morgan fingerprint density at radius 3 is 1.58 bits per heavy atom. The Balaban J connectivity index is 5.58. The van der Waals surface area contributed by atoms with Gasteiger partial charge in [0, 0.05) is 13.1 Å². The van der Waals surface area contributed by atoms with Crippen LogP contribution in [0.5, 0.6) is 0 Å². The van der Waals surface area contributed by atoms with Gasteiger partial charge in [-0.15, -0.1) is 0 Å². The molecule has 0 radical (unpaired) electrons. The molecule has 0 aromatic carbocycles. The molecule has 15 N–H and O–H groups in total. The monoisotopic (exact) mass is 544 g/mol. The third-order valence-corrected chi connectivity index (χ3v) is 5.30. The molecule has 0 unspecified atom stereocenters. The fraction of sp³-hybridized carbons (Fsp3) is 0.727.